The molecule has 0 fully saturated rings. The van der Waals surface area contributed by atoms with Crippen molar-refractivity contribution in [2.45, 2.75) is 27.2 Å². The van der Waals surface area contributed by atoms with Gasteiger partial charge in [0.1, 0.15) is 5.75 Å². The van der Waals surface area contributed by atoms with Crippen LogP contribution >= 0.6 is 0 Å². The first-order valence-corrected chi connectivity index (χ1v) is 8.22. The number of ether oxygens (including phenoxy) is 2. The van der Waals surface area contributed by atoms with Crippen molar-refractivity contribution in [2.75, 3.05) is 18.5 Å². The normalized spacial score (nSPS) is 10.2. The van der Waals surface area contributed by atoms with Gasteiger partial charge >= 0.3 is 5.97 Å². The molecule has 25 heavy (non-hydrogen) atoms. The molecule has 0 saturated heterocycles. The van der Waals surface area contributed by atoms with E-state index in [0.29, 0.717) is 11.4 Å². The quantitative estimate of drug-likeness (QED) is 0.784. The standard InChI is InChI=1S/C20H23NO4/c1-4-16-6-8-17(9-7-16)24-13-20(23)25-12-19(22)21-18-10-5-14(2)11-15(18)3/h5-11H,4,12-13H2,1-3H3,(H,21,22). The topological polar surface area (TPSA) is 64.6 Å². The van der Waals surface area contributed by atoms with Crippen molar-refractivity contribution < 1.29 is 19.1 Å². The van der Waals surface area contributed by atoms with Crippen LogP contribution in [0.4, 0.5) is 5.69 Å². The van der Waals surface area contributed by atoms with Crippen LogP contribution in [0.3, 0.4) is 0 Å². The van der Waals surface area contributed by atoms with Crippen molar-refractivity contribution in [1.29, 1.82) is 0 Å². The first-order chi connectivity index (χ1) is 12.0. The molecular weight excluding hydrogens is 318 g/mol. The van der Waals surface area contributed by atoms with Crippen LogP contribution in [0.5, 0.6) is 5.75 Å². The highest BCUT2D eigenvalue weighted by Gasteiger charge is 2.10. The van der Waals surface area contributed by atoms with Gasteiger partial charge in [0.15, 0.2) is 13.2 Å². The van der Waals surface area contributed by atoms with E-state index in [9.17, 15) is 9.59 Å². The van der Waals surface area contributed by atoms with Gasteiger partial charge in [0, 0.05) is 5.69 Å². The monoisotopic (exact) mass is 341 g/mol. The molecule has 0 aliphatic heterocycles. The predicted octanol–water partition coefficient (Wildman–Crippen LogP) is 3.43. The maximum absolute atomic E-state index is 11.9. The molecule has 0 aliphatic rings. The molecule has 2 aromatic carbocycles. The van der Waals surface area contributed by atoms with Crippen LogP contribution in [0, 0.1) is 13.8 Å². The van der Waals surface area contributed by atoms with Crippen molar-refractivity contribution in [3.05, 3.63) is 59.2 Å². The Hall–Kier alpha value is -2.82. The van der Waals surface area contributed by atoms with Crippen LogP contribution in [0.25, 0.3) is 0 Å². The third-order valence-corrected chi connectivity index (χ3v) is 3.71. The van der Waals surface area contributed by atoms with Gasteiger partial charge < -0.3 is 14.8 Å². The van der Waals surface area contributed by atoms with Crippen molar-refractivity contribution in [1.82, 2.24) is 0 Å². The number of hydrogen-bond donors (Lipinski definition) is 1. The zero-order chi connectivity index (χ0) is 18.2. The van der Waals surface area contributed by atoms with Crippen LogP contribution in [0.1, 0.15) is 23.6 Å². The van der Waals surface area contributed by atoms with Gasteiger partial charge in [-0.15, -0.1) is 0 Å². The third kappa shape index (κ3) is 5.95. The lowest BCUT2D eigenvalue weighted by Crippen LogP contribution is -2.24. The third-order valence-electron chi connectivity index (χ3n) is 3.71. The Bertz CT molecular complexity index is 738. The van der Waals surface area contributed by atoms with Gasteiger partial charge in [0.25, 0.3) is 5.91 Å². The largest absolute Gasteiger partial charge is 0.482 e. The Morgan fingerprint density at radius 1 is 1.00 bits per heavy atom. The van der Waals surface area contributed by atoms with Crippen molar-refractivity contribution >= 4 is 17.6 Å². The van der Waals surface area contributed by atoms with E-state index in [1.54, 1.807) is 12.1 Å². The fourth-order valence-electron chi connectivity index (χ4n) is 2.29. The summed E-state index contributed by atoms with van der Waals surface area (Å²) in [5.41, 5.74) is 3.97. The molecule has 5 heteroatoms. The molecule has 0 bridgehead atoms. The van der Waals surface area contributed by atoms with Crippen LogP contribution in [0.2, 0.25) is 0 Å². The van der Waals surface area contributed by atoms with Crippen molar-refractivity contribution in [2.24, 2.45) is 0 Å². The lowest BCUT2D eigenvalue weighted by Gasteiger charge is -2.10. The van der Waals surface area contributed by atoms with Crippen LogP contribution in [-0.2, 0) is 20.7 Å². The summed E-state index contributed by atoms with van der Waals surface area (Å²) in [4.78, 5) is 23.6. The maximum atomic E-state index is 11.9. The average molecular weight is 341 g/mol. The van der Waals surface area contributed by atoms with Gasteiger partial charge in [-0.1, -0.05) is 36.8 Å². The van der Waals surface area contributed by atoms with Gasteiger partial charge in [-0.25, -0.2) is 4.79 Å². The molecule has 0 spiro atoms. The molecule has 0 heterocycles. The first kappa shape index (κ1) is 18.5. The second-order valence-corrected chi connectivity index (χ2v) is 5.81. The van der Waals surface area contributed by atoms with E-state index >= 15 is 0 Å². The van der Waals surface area contributed by atoms with E-state index < -0.39 is 5.97 Å². The number of nitrogens with one attached hydrogen (secondary N) is 1. The number of carbonyl (C=O) groups excluding carboxylic acids is 2. The number of carbonyl (C=O) groups is 2. The summed E-state index contributed by atoms with van der Waals surface area (Å²) >= 11 is 0. The minimum Gasteiger partial charge on any atom is -0.482 e. The number of amides is 1. The minimum atomic E-state index is -0.588. The molecule has 132 valence electrons. The summed E-state index contributed by atoms with van der Waals surface area (Å²) < 4.78 is 10.3. The summed E-state index contributed by atoms with van der Waals surface area (Å²) in [7, 11) is 0. The number of rotatable bonds is 7. The summed E-state index contributed by atoms with van der Waals surface area (Å²) in [6, 6.07) is 13.2. The number of anilines is 1. The summed E-state index contributed by atoms with van der Waals surface area (Å²) in [5.74, 6) is -0.378. The Morgan fingerprint density at radius 3 is 2.36 bits per heavy atom. The van der Waals surface area contributed by atoms with Gasteiger partial charge in [0.05, 0.1) is 0 Å². The lowest BCUT2D eigenvalue weighted by atomic mass is 10.1. The smallest absolute Gasteiger partial charge is 0.344 e. The molecule has 0 saturated carbocycles. The second-order valence-electron chi connectivity index (χ2n) is 5.81. The molecule has 0 aliphatic carbocycles. The van der Waals surface area contributed by atoms with Gasteiger partial charge in [-0.3, -0.25) is 4.79 Å². The Labute approximate surface area is 148 Å². The van der Waals surface area contributed by atoms with Crippen LogP contribution in [0.15, 0.2) is 42.5 Å². The number of esters is 1. The highest BCUT2D eigenvalue weighted by Crippen LogP contribution is 2.16. The molecule has 0 aromatic heterocycles. The zero-order valence-corrected chi connectivity index (χ0v) is 14.8. The van der Waals surface area contributed by atoms with E-state index in [4.69, 9.17) is 9.47 Å². The van der Waals surface area contributed by atoms with E-state index in [1.165, 1.54) is 5.56 Å². The molecule has 1 amide bonds. The molecule has 0 radical (unpaired) electrons. The molecule has 2 aromatic rings. The highest BCUT2D eigenvalue weighted by atomic mass is 16.6. The molecule has 5 nitrogen and oxygen atoms in total. The molecule has 2 rings (SSSR count). The average Bonchev–Trinajstić information content (AvgIpc) is 2.61. The number of aryl methyl sites for hydroxylation is 3. The Kier molecular flexibility index (Phi) is 6.57. The summed E-state index contributed by atoms with van der Waals surface area (Å²) in [5, 5.41) is 2.72. The summed E-state index contributed by atoms with van der Waals surface area (Å²) in [6.45, 7) is 5.38. The van der Waals surface area contributed by atoms with Crippen LogP contribution < -0.4 is 10.1 Å². The zero-order valence-electron chi connectivity index (χ0n) is 14.8. The van der Waals surface area contributed by atoms with E-state index in [2.05, 4.69) is 12.2 Å². The molecular formula is C20H23NO4. The van der Waals surface area contributed by atoms with E-state index in [-0.39, 0.29) is 19.1 Å². The first-order valence-electron chi connectivity index (χ1n) is 8.22. The highest BCUT2D eigenvalue weighted by molar-refractivity contribution is 5.93. The number of benzene rings is 2. The molecule has 1 N–H and O–H groups in total. The van der Waals surface area contributed by atoms with Crippen LogP contribution in [-0.4, -0.2) is 25.1 Å². The van der Waals surface area contributed by atoms with Gasteiger partial charge in [-0.05, 0) is 49.6 Å². The van der Waals surface area contributed by atoms with Gasteiger partial charge in [0.2, 0.25) is 0 Å². The minimum absolute atomic E-state index is 0.234. The number of hydrogen-bond acceptors (Lipinski definition) is 4. The maximum Gasteiger partial charge on any atom is 0.344 e. The SMILES string of the molecule is CCc1ccc(OCC(=O)OCC(=O)Nc2ccc(C)cc2C)cc1. The Balaban J connectivity index is 1.74. The van der Waals surface area contributed by atoms with Gasteiger partial charge in [-0.2, -0.15) is 0 Å². The Morgan fingerprint density at radius 2 is 1.72 bits per heavy atom. The lowest BCUT2D eigenvalue weighted by molar-refractivity contribution is -0.149. The second kappa shape index (κ2) is 8.87. The summed E-state index contributed by atoms with van der Waals surface area (Å²) in [6.07, 6.45) is 0.942. The fraction of sp³-hybridized carbons (Fsp3) is 0.300. The molecule has 0 unspecified atom stereocenters. The predicted molar refractivity (Wildman–Crippen MR) is 96.8 cm³/mol. The van der Waals surface area contributed by atoms with E-state index in [0.717, 1.165) is 17.5 Å². The fourth-order valence-corrected chi connectivity index (χ4v) is 2.29. The van der Waals surface area contributed by atoms with Crippen molar-refractivity contribution in [3.63, 3.8) is 0 Å². The molecule has 0 atom stereocenters. The van der Waals surface area contributed by atoms with Crippen molar-refractivity contribution in [3.8, 4) is 5.75 Å². The van der Waals surface area contributed by atoms with E-state index in [1.807, 2.05) is 44.2 Å².